The van der Waals surface area contributed by atoms with Gasteiger partial charge in [-0.3, -0.25) is 9.88 Å². The van der Waals surface area contributed by atoms with Crippen LogP contribution in [0.2, 0.25) is 5.02 Å². The van der Waals surface area contributed by atoms with E-state index >= 15 is 0 Å². The standard InChI is InChI=1S/C25H25BrClN5O2/c1-34-24-10-18(16-33)20(12-22(24)27)23-15-32-5-3-19(11-25(32)29-23)31-8-6-30(7-9-31)14-17-2-4-28-13-21(17)26/h2-5,10-13,15,33H,6-9,14,16H2,1H3. The van der Waals surface area contributed by atoms with Crippen molar-refractivity contribution in [2.24, 2.45) is 0 Å². The normalized spacial score (nSPS) is 14.6. The van der Waals surface area contributed by atoms with Gasteiger partial charge in [0, 0.05) is 79.3 Å². The lowest BCUT2D eigenvalue weighted by Crippen LogP contribution is -2.46. The molecular weight excluding hydrogens is 518 g/mol. The average molecular weight is 543 g/mol. The molecule has 176 valence electrons. The number of hydrogen-bond acceptors (Lipinski definition) is 6. The SMILES string of the molecule is COc1cc(CO)c(-c2cn3ccc(N4CCN(Cc5ccncc5Br)CC4)cc3n2)cc1Cl. The number of anilines is 1. The molecule has 0 aliphatic carbocycles. The molecular formula is C25H25BrClN5O2. The summed E-state index contributed by atoms with van der Waals surface area (Å²) in [4.78, 5) is 13.8. The Morgan fingerprint density at radius 2 is 1.94 bits per heavy atom. The topological polar surface area (TPSA) is 66.1 Å². The highest BCUT2D eigenvalue weighted by molar-refractivity contribution is 9.10. The second-order valence-corrected chi connectivity index (χ2v) is 9.57. The fourth-order valence-electron chi connectivity index (χ4n) is 4.36. The second-order valence-electron chi connectivity index (χ2n) is 8.31. The molecule has 1 saturated heterocycles. The van der Waals surface area contributed by atoms with Gasteiger partial charge in [0.2, 0.25) is 0 Å². The van der Waals surface area contributed by atoms with E-state index in [2.05, 4.69) is 48.9 Å². The van der Waals surface area contributed by atoms with E-state index in [-0.39, 0.29) is 6.61 Å². The van der Waals surface area contributed by atoms with Crippen molar-refractivity contribution in [3.05, 3.63) is 75.7 Å². The van der Waals surface area contributed by atoms with Gasteiger partial charge in [0.05, 0.1) is 24.4 Å². The summed E-state index contributed by atoms with van der Waals surface area (Å²) in [6.07, 6.45) is 7.68. The van der Waals surface area contributed by atoms with Crippen molar-refractivity contribution >= 4 is 38.9 Å². The van der Waals surface area contributed by atoms with Gasteiger partial charge in [0.1, 0.15) is 11.4 Å². The molecule has 1 aliphatic rings. The number of ether oxygens (including phenoxy) is 1. The fraction of sp³-hybridized carbons (Fsp3) is 0.280. The summed E-state index contributed by atoms with van der Waals surface area (Å²) in [6.45, 7) is 4.68. The van der Waals surface area contributed by atoms with Gasteiger partial charge in [-0.1, -0.05) is 11.6 Å². The summed E-state index contributed by atoms with van der Waals surface area (Å²) in [7, 11) is 1.56. The second kappa shape index (κ2) is 9.92. The maximum atomic E-state index is 9.86. The highest BCUT2D eigenvalue weighted by Gasteiger charge is 2.19. The first-order chi connectivity index (χ1) is 16.6. The van der Waals surface area contributed by atoms with Crippen LogP contribution in [0, 0.1) is 0 Å². The monoisotopic (exact) mass is 541 g/mol. The molecule has 7 nitrogen and oxygen atoms in total. The molecule has 1 N–H and O–H groups in total. The summed E-state index contributed by atoms with van der Waals surface area (Å²) in [5.41, 5.74) is 5.56. The number of benzene rings is 1. The van der Waals surface area contributed by atoms with Crippen molar-refractivity contribution < 1.29 is 9.84 Å². The van der Waals surface area contributed by atoms with Crippen LogP contribution < -0.4 is 9.64 Å². The smallest absolute Gasteiger partial charge is 0.139 e. The number of imidazole rings is 1. The number of aliphatic hydroxyl groups excluding tert-OH is 1. The highest BCUT2D eigenvalue weighted by atomic mass is 79.9. The molecule has 1 aromatic carbocycles. The molecule has 1 fully saturated rings. The first-order valence-corrected chi connectivity index (χ1v) is 12.2. The Morgan fingerprint density at radius 1 is 1.12 bits per heavy atom. The van der Waals surface area contributed by atoms with Crippen LogP contribution >= 0.6 is 27.5 Å². The van der Waals surface area contributed by atoms with Crippen molar-refractivity contribution in [3.8, 4) is 17.0 Å². The largest absolute Gasteiger partial charge is 0.495 e. The van der Waals surface area contributed by atoms with Gasteiger partial charge in [-0.2, -0.15) is 0 Å². The number of methoxy groups -OCH3 is 1. The summed E-state index contributed by atoms with van der Waals surface area (Å²) in [6, 6.07) is 9.87. The lowest BCUT2D eigenvalue weighted by Gasteiger charge is -2.36. The number of fused-ring (bicyclic) bond motifs is 1. The Labute approximate surface area is 211 Å². The Hall–Kier alpha value is -2.65. The summed E-state index contributed by atoms with van der Waals surface area (Å²) >= 11 is 9.94. The number of halogens is 2. The van der Waals surface area contributed by atoms with Gasteiger partial charge in [-0.25, -0.2) is 4.98 Å². The molecule has 5 rings (SSSR count). The van der Waals surface area contributed by atoms with E-state index in [1.165, 1.54) is 5.56 Å². The van der Waals surface area contributed by atoms with Crippen LogP contribution in [0.3, 0.4) is 0 Å². The minimum atomic E-state index is -0.123. The number of nitrogens with zero attached hydrogens (tertiary/aromatic N) is 5. The molecule has 4 heterocycles. The zero-order chi connectivity index (χ0) is 23.7. The van der Waals surface area contributed by atoms with Crippen molar-refractivity contribution in [3.63, 3.8) is 0 Å². The van der Waals surface area contributed by atoms with E-state index < -0.39 is 0 Å². The van der Waals surface area contributed by atoms with Gasteiger partial charge in [0.25, 0.3) is 0 Å². The zero-order valence-electron chi connectivity index (χ0n) is 18.8. The Morgan fingerprint density at radius 3 is 2.68 bits per heavy atom. The van der Waals surface area contributed by atoms with Crippen molar-refractivity contribution in [1.82, 2.24) is 19.3 Å². The molecule has 0 spiro atoms. The molecule has 0 amide bonds. The van der Waals surface area contributed by atoms with E-state index in [9.17, 15) is 5.11 Å². The molecule has 0 unspecified atom stereocenters. The molecule has 0 atom stereocenters. The number of pyridine rings is 2. The summed E-state index contributed by atoms with van der Waals surface area (Å²) in [5.74, 6) is 0.538. The number of aliphatic hydroxyl groups is 1. The summed E-state index contributed by atoms with van der Waals surface area (Å²) in [5, 5.41) is 10.3. The molecule has 1 aliphatic heterocycles. The third-order valence-corrected chi connectivity index (χ3v) is 7.26. The Kier molecular flexibility index (Phi) is 6.74. The predicted molar refractivity (Wildman–Crippen MR) is 138 cm³/mol. The summed E-state index contributed by atoms with van der Waals surface area (Å²) < 4.78 is 8.34. The van der Waals surface area contributed by atoms with Crippen LogP contribution in [-0.2, 0) is 13.2 Å². The minimum Gasteiger partial charge on any atom is -0.495 e. The van der Waals surface area contributed by atoms with Gasteiger partial charge >= 0.3 is 0 Å². The number of rotatable bonds is 6. The molecule has 3 aromatic heterocycles. The third kappa shape index (κ3) is 4.63. The number of hydrogen-bond donors (Lipinski definition) is 1. The quantitative estimate of drug-likeness (QED) is 0.383. The van der Waals surface area contributed by atoms with Crippen LogP contribution in [0.25, 0.3) is 16.9 Å². The van der Waals surface area contributed by atoms with Crippen LogP contribution in [0.15, 0.2) is 59.6 Å². The average Bonchev–Trinajstić information content (AvgIpc) is 3.29. The van der Waals surface area contributed by atoms with Crippen LogP contribution in [0.1, 0.15) is 11.1 Å². The maximum Gasteiger partial charge on any atom is 0.139 e. The first kappa shape index (κ1) is 23.1. The lowest BCUT2D eigenvalue weighted by atomic mass is 10.1. The number of aromatic nitrogens is 3. The molecule has 9 heteroatoms. The molecule has 34 heavy (non-hydrogen) atoms. The zero-order valence-corrected chi connectivity index (χ0v) is 21.1. The van der Waals surface area contributed by atoms with Gasteiger partial charge in [0.15, 0.2) is 0 Å². The van der Waals surface area contributed by atoms with Crippen LogP contribution in [0.5, 0.6) is 5.75 Å². The van der Waals surface area contributed by atoms with Gasteiger partial charge < -0.3 is 19.1 Å². The minimum absolute atomic E-state index is 0.123. The Balaban J connectivity index is 1.33. The first-order valence-electron chi connectivity index (χ1n) is 11.1. The van der Waals surface area contributed by atoms with E-state index in [0.29, 0.717) is 10.8 Å². The van der Waals surface area contributed by atoms with Crippen molar-refractivity contribution in [2.75, 3.05) is 38.2 Å². The van der Waals surface area contributed by atoms with Crippen LogP contribution in [-0.4, -0.2) is 57.7 Å². The van der Waals surface area contributed by atoms with Gasteiger partial charge in [-0.15, -0.1) is 0 Å². The van der Waals surface area contributed by atoms with Crippen LogP contribution in [0.4, 0.5) is 5.69 Å². The maximum absolute atomic E-state index is 9.86. The third-order valence-electron chi connectivity index (χ3n) is 6.26. The van der Waals surface area contributed by atoms with Gasteiger partial charge in [-0.05, 0) is 51.3 Å². The van der Waals surface area contributed by atoms with E-state index in [1.54, 1.807) is 19.2 Å². The van der Waals surface area contributed by atoms with Crippen molar-refractivity contribution in [1.29, 1.82) is 0 Å². The fourth-order valence-corrected chi connectivity index (χ4v) is 4.97. The predicted octanol–water partition coefficient (Wildman–Crippen LogP) is 4.64. The van der Waals surface area contributed by atoms with E-state index in [1.807, 2.05) is 29.2 Å². The highest BCUT2D eigenvalue weighted by Crippen LogP contribution is 2.34. The van der Waals surface area contributed by atoms with E-state index in [0.717, 1.165) is 65.4 Å². The van der Waals surface area contributed by atoms with Crippen molar-refractivity contribution in [2.45, 2.75) is 13.2 Å². The number of piperazine rings is 1. The molecule has 0 saturated carbocycles. The molecule has 0 bridgehead atoms. The molecule has 4 aromatic rings. The molecule has 0 radical (unpaired) electrons. The van der Waals surface area contributed by atoms with E-state index in [4.69, 9.17) is 21.3 Å². The lowest BCUT2D eigenvalue weighted by molar-refractivity contribution is 0.249. The Bertz CT molecular complexity index is 1320.